The number of ether oxygens (including phenoxy) is 4. The minimum Gasteiger partial charge on any atom is -0.381 e. The number of hydrogen-bond donors (Lipinski definition) is 0. The summed E-state index contributed by atoms with van der Waals surface area (Å²) in [6.45, 7) is 4.49. The molecule has 2 heterocycles. The van der Waals surface area contributed by atoms with Crippen LogP contribution < -0.4 is 0 Å². The quantitative estimate of drug-likeness (QED) is 0.711. The first-order valence-corrected chi connectivity index (χ1v) is 9.74. The predicted octanol–water partition coefficient (Wildman–Crippen LogP) is 3.14. The van der Waals surface area contributed by atoms with Crippen LogP contribution in [0.15, 0.2) is 0 Å². The van der Waals surface area contributed by atoms with Gasteiger partial charge >= 0.3 is 0 Å². The highest BCUT2D eigenvalue weighted by molar-refractivity contribution is 8.17. The molecule has 0 amide bonds. The van der Waals surface area contributed by atoms with Crippen molar-refractivity contribution in [2.24, 2.45) is 0 Å². The maximum atomic E-state index is 5.92. The molecule has 2 aliphatic rings. The zero-order chi connectivity index (χ0) is 15.3. The van der Waals surface area contributed by atoms with Gasteiger partial charge in [-0.1, -0.05) is 0 Å². The van der Waals surface area contributed by atoms with E-state index in [1.807, 2.05) is 13.8 Å². The van der Waals surface area contributed by atoms with Crippen molar-refractivity contribution in [1.29, 1.82) is 0 Å². The largest absolute Gasteiger partial charge is 0.381 e. The predicted molar refractivity (Wildman–Crippen MR) is 89.1 cm³/mol. The SMILES string of the molecule is CO[C@H](CC1SCCCS1)C[C@H](OC)[C@@H]1COC(C)(C)O1. The number of thioether (sulfide) groups is 2. The minimum atomic E-state index is -0.501. The molecule has 0 N–H and O–H groups in total. The lowest BCUT2D eigenvalue weighted by molar-refractivity contribution is -0.156. The Bertz CT molecular complexity index is 308. The lowest BCUT2D eigenvalue weighted by Crippen LogP contribution is -2.36. The molecule has 0 aromatic carbocycles. The summed E-state index contributed by atoms with van der Waals surface area (Å²) in [6.07, 6.45) is 3.49. The van der Waals surface area contributed by atoms with Crippen molar-refractivity contribution in [2.45, 2.75) is 61.8 Å². The summed E-state index contributed by atoms with van der Waals surface area (Å²) in [5.74, 6) is 2.05. The third kappa shape index (κ3) is 5.59. The summed E-state index contributed by atoms with van der Waals surface area (Å²) in [4.78, 5) is 0. The van der Waals surface area contributed by atoms with Gasteiger partial charge in [-0.3, -0.25) is 0 Å². The van der Waals surface area contributed by atoms with Gasteiger partial charge in [0.25, 0.3) is 0 Å². The molecule has 0 aliphatic carbocycles. The Kier molecular flexibility index (Phi) is 7.16. The number of hydrogen-bond acceptors (Lipinski definition) is 6. The van der Waals surface area contributed by atoms with Gasteiger partial charge in [-0.05, 0) is 38.2 Å². The second kappa shape index (κ2) is 8.41. The Morgan fingerprint density at radius 2 is 1.90 bits per heavy atom. The van der Waals surface area contributed by atoms with Crippen LogP contribution in [-0.4, -0.2) is 61.0 Å². The van der Waals surface area contributed by atoms with Crippen LogP contribution in [0.2, 0.25) is 0 Å². The Hall–Kier alpha value is 0.540. The van der Waals surface area contributed by atoms with Gasteiger partial charge in [0.15, 0.2) is 5.79 Å². The summed E-state index contributed by atoms with van der Waals surface area (Å²) in [7, 11) is 3.54. The van der Waals surface area contributed by atoms with Gasteiger partial charge in [0.2, 0.25) is 0 Å². The van der Waals surface area contributed by atoms with E-state index in [0.717, 1.165) is 12.8 Å². The van der Waals surface area contributed by atoms with Crippen molar-refractivity contribution >= 4 is 23.5 Å². The highest BCUT2D eigenvalue weighted by atomic mass is 32.2. The maximum Gasteiger partial charge on any atom is 0.163 e. The van der Waals surface area contributed by atoms with Gasteiger partial charge in [0.05, 0.1) is 23.4 Å². The zero-order valence-electron chi connectivity index (χ0n) is 13.5. The van der Waals surface area contributed by atoms with E-state index in [2.05, 4.69) is 23.5 Å². The molecule has 21 heavy (non-hydrogen) atoms. The van der Waals surface area contributed by atoms with Crippen molar-refractivity contribution in [2.75, 3.05) is 32.3 Å². The molecule has 2 rings (SSSR count). The molecule has 2 aliphatic heterocycles. The van der Waals surface area contributed by atoms with E-state index >= 15 is 0 Å². The topological polar surface area (TPSA) is 36.9 Å². The fourth-order valence-corrected chi connectivity index (χ4v) is 5.73. The van der Waals surface area contributed by atoms with Crippen LogP contribution in [-0.2, 0) is 18.9 Å². The van der Waals surface area contributed by atoms with Gasteiger partial charge < -0.3 is 18.9 Å². The van der Waals surface area contributed by atoms with Crippen LogP contribution in [0.5, 0.6) is 0 Å². The summed E-state index contributed by atoms with van der Waals surface area (Å²) in [6, 6.07) is 0. The highest BCUT2D eigenvalue weighted by Crippen LogP contribution is 2.35. The summed E-state index contributed by atoms with van der Waals surface area (Å²) in [5, 5.41) is 0. The van der Waals surface area contributed by atoms with E-state index in [-0.39, 0.29) is 18.3 Å². The van der Waals surface area contributed by atoms with Crippen LogP contribution in [0.4, 0.5) is 0 Å². The average molecular weight is 337 g/mol. The standard InChI is InChI=1S/C15H28O4S2/c1-15(2)18-10-13(19-15)12(17-4)8-11(16-3)9-14-20-6-5-7-21-14/h11-14H,5-10H2,1-4H3/t11-,12-,13-/m0/s1. The van der Waals surface area contributed by atoms with Gasteiger partial charge in [-0.2, -0.15) is 0 Å². The monoisotopic (exact) mass is 336 g/mol. The van der Waals surface area contributed by atoms with Crippen LogP contribution in [0.25, 0.3) is 0 Å². The minimum absolute atomic E-state index is 0.00527. The van der Waals surface area contributed by atoms with E-state index in [1.54, 1.807) is 14.2 Å². The molecule has 4 nitrogen and oxygen atoms in total. The lowest BCUT2D eigenvalue weighted by Gasteiger charge is -2.29. The van der Waals surface area contributed by atoms with Gasteiger partial charge in [-0.25, -0.2) is 0 Å². The highest BCUT2D eigenvalue weighted by Gasteiger charge is 2.38. The van der Waals surface area contributed by atoms with Crippen LogP contribution >= 0.6 is 23.5 Å². The van der Waals surface area contributed by atoms with Crippen molar-refractivity contribution in [1.82, 2.24) is 0 Å². The zero-order valence-corrected chi connectivity index (χ0v) is 15.1. The Balaban J connectivity index is 1.83. The first-order valence-electron chi connectivity index (χ1n) is 7.64. The molecule has 0 aromatic heterocycles. The van der Waals surface area contributed by atoms with Gasteiger partial charge in [0, 0.05) is 20.6 Å². The summed E-state index contributed by atoms with van der Waals surface area (Å²) in [5.41, 5.74) is 0. The molecular formula is C15H28O4S2. The van der Waals surface area contributed by atoms with E-state index in [1.165, 1.54) is 17.9 Å². The molecule has 2 saturated heterocycles. The molecule has 6 heteroatoms. The van der Waals surface area contributed by atoms with E-state index in [9.17, 15) is 0 Å². The Labute approximate surface area is 137 Å². The first kappa shape index (κ1) is 17.9. The first-order chi connectivity index (χ1) is 10.0. The van der Waals surface area contributed by atoms with E-state index in [4.69, 9.17) is 18.9 Å². The normalized spacial score (nSPS) is 29.4. The van der Waals surface area contributed by atoms with Crippen LogP contribution in [0.1, 0.15) is 33.1 Å². The summed E-state index contributed by atoms with van der Waals surface area (Å²) < 4.78 is 23.6. The van der Waals surface area contributed by atoms with E-state index < -0.39 is 5.79 Å². The molecule has 0 aromatic rings. The van der Waals surface area contributed by atoms with Gasteiger partial charge in [-0.15, -0.1) is 23.5 Å². The molecule has 2 fully saturated rings. The fourth-order valence-electron chi connectivity index (χ4n) is 2.73. The molecule has 0 spiro atoms. The van der Waals surface area contributed by atoms with Crippen LogP contribution in [0, 0.1) is 0 Å². The second-order valence-corrected chi connectivity index (χ2v) is 8.91. The third-order valence-electron chi connectivity index (χ3n) is 3.93. The molecule has 3 atom stereocenters. The van der Waals surface area contributed by atoms with Crippen molar-refractivity contribution in [3.05, 3.63) is 0 Å². The number of rotatable bonds is 7. The Morgan fingerprint density at radius 3 is 2.43 bits per heavy atom. The number of methoxy groups -OCH3 is 2. The Morgan fingerprint density at radius 1 is 1.19 bits per heavy atom. The molecule has 0 unspecified atom stereocenters. The fraction of sp³-hybridized carbons (Fsp3) is 1.00. The molecule has 0 bridgehead atoms. The molecule has 124 valence electrons. The molecule has 0 saturated carbocycles. The van der Waals surface area contributed by atoms with Crippen molar-refractivity contribution < 1.29 is 18.9 Å². The third-order valence-corrected chi connectivity index (χ3v) is 6.92. The lowest BCUT2D eigenvalue weighted by atomic mass is 10.0. The van der Waals surface area contributed by atoms with Gasteiger partial charge in [0.1, 0.15) is 6.10 Å². The smallest absolute Gasteiger partial charge is 0.163 e. The van der Waals surface area contributed by atoms with Crippen molar-refractivity contribution in [3.8, 4) is 0 Å². The van der Waals surface area contributed by atoms with Crippen molar-refractivity contribution in [3.63, 3.8) is 0 Å². The molecule has 0 radical (unpaired) electrons. The summed E-state index contributed by atoms with van der Waals surface area (Å²) >= 11 is 4.12. The van der Waals surface area contributed by atoms with E-state index in [0.29, 0.717) is 11.2 Å². The average Bonchev–Trinajstić information content (AvgIpc) is 2.84. The molecular weight excluding hydrogens is 308 g/mol. The second-order valence-electron chi connectivity index (χ2n) is 6.00. The maximum absolute atomic E-state index is 5.92. The van der Waals surface area contributed by atoms with Crippen LogP contribution in [0.3, 0.4) is 0 Å².